The number of carbonyl (C=O) groups excluding carboxylic acids is 1. The van der Waals surface area contributed by atoms with Crippen molar-refractivity contribution in [2.45, 2.75) is 25.2 Å². The van der Waals surface area contributed by atoms with E-state index in [0.29, 0.717) is 22.5 Å². The van der Waals surface area contributed by atoms with Gasteiger partial charge in [-0.3, -0.25) is 4.79 Å². The number of anilines is 3. The lowest BCUT2D eigenvalue weighted by atomic mass is 10.3. The van der Waals surface area contributed by atoms with Crippen molar-refractivity contribution in [1.82, 2.24) is 15.0 Å². The number of amides is 1. The number of hydrogen-bond donors (Lipinski definition) is 3. The second-order valence-electron chi connectivity index (χ2n) is 6.04. The lowest BCUT2D eigenvalue weighted by Gasteiger charge is -2.05. The number of hydrogen-bond acceptors (Lipinski definition) is 8. The molecule has 28 heavy (non-hydrogen) atoms. The van der Waals surface area contributed by atoms with Crippen LogP contribution in [-0.2, 0) is 21.2 Å². The summed E-state index contributed by atoms with van der Waals surface area (Å²) in [5.74, 6) is 0.181. The van der Waals surface area contributed by atoms with Crippen LogP contribution in [-0.4, -0.2) is 29.3 Å². The molecule has 3 rings (SSSR count). The van der Waals surface area contributed by atoms with Gasteiger partial charge >= 0.3 is 0 Å². The summed E-state index contributed by atoms with van der Waals surface area (Å²) in [4.78, 5) is 25.1. The van der Waals surface area contributed by atoms with E-state index in [1.54, 1.807) is 5.38 Å². The van der Waals surface area contributed by atoms with Crippen molar-refractivity contribution in [3.8, 4) is 0 Å². The highest BCUT2D eigenvalue weighted by molar-refractivity contribution is 7.89. The van der Waals surface area contributed by atoms with Gasteiger partial charge in [0.25, 0.3) is 0 Å². The Labute approximate surface area is 166 Å². The van der Waals surface area contributed by atoms with Gasteiger partial charge in [0.2, 0.25) is 21.9 Å². The Hall–Kier alpha value is -2.89. The monoisotopic (exact) mass is 418 g/mol. The number of thiazole rings is 1. The van der Waals surface area contributed by atoms with Gasteiger partial charge in [0.15, 0.2) is 5.13 Å². The normalized spacial score (nSPS) is 11.2. The minimum Gasteiger partial charge on any atom is -0.326 e. The topological polar surface area (TPSA) is 140 Å². The van der Waals surface area contributed by atoms with Crippen LogP contribution in [0.1, 0.15) is 17.1 Å². The van der Waals surface area contributed by atoms with Gasteiger partial charge < -0.3 is 10.6 Å². The zero-order valence-corrected chi connectivity index (χ0v) is 16.8. The summed E-state index contributed by atoms with van der Waals surface area (Å²) in [5.41, 5.74) is 2.75. The van der Waals surface area contributed by atoms with Gasteiger partial charge in [-0.1, -0.05) is 0 Å². The molecule has 0 fully saturated rings. The summed E-state index contributed by atoms with van der Waals surface area (Å²) in [7, 11) is -3.76. The van der Waals surface area contributed by atoms with Gasteiger partial charge in [0.1, 0.15) is 0 Å². The first-order chi connectivity index (χ1) is 13.2. The zero-order chi connectivity index (χ0) is 20.3. The number of rotatable bonds is 6. The molecule has 2 aromatic heterocycles. The molecule has 0 aliphatic heterocycles. The van der Waals surface area contributed by atoms with Crippen molar-refractivity contribution in [1.29, 1.82) is 0 Å². The highest BCUT2D eigenvalue weighted by atomic mass is 32.2. The van der Waals surface area contributed by atoms with Crippen LogP contribution in [0, 0.1) is 13.8 Å². The van der Waals surface area contributed by atoms with E-state index in [2.05, 4.69) is 25.6 Å². The van der Waals surface area contributed by atoms with Crippen LogP contribution in [0.25, 0.3) is 0 Å². The molecule has 0 radical (unpaired) electrons. The van der Waals surface area contributed by atoms with E-state index in [4.69, 9.17) is 5.14 Å². The van der Waals surface area contributed by atoms with Gasteiger partial charge in [-0.2, -0.15) is 0 Å². The first-order valence-electron chi connectivity index (χ1n) is 8.15. The Balaban J connectivity index is 1.60. The van der Waals surface area contributed by atoms with Crippen molar-refractivity contribution in [3.05, 3.63) is 52.8 Å². The van der Waals surface area contributed by atoms with Crippen molar-refractivity contribution in [2.24, 2.45) is 5.14 Å². The summed E-state index contributed by atoms with van der Waals surface area (Å²) in [6.07, 6.45) is 0.0722. The predicted octanol–water partition coefficient (Wildman–Crippen LogP) is 2.12. The number of primary sulfonamides is 1. The third kappa shape index (κ3) is 5.31. The van der Waals surface area contributed by atoms with E-state index in [1.165, 1.54) is 35.6 Å². The third-order valence-corrected chi connectivity index (χ3v) is 5.30. The van der Waals surface area contributed by atoms with E-state index >= 15 is 0 Å². The predicted molar refractivity (Wildman–Crippen MR) is 107 cm³/mol. The number of aryl methyl sites for hydroxylation is 2. The average molecular weight is 419 g/mol. The molecule has 0 aliphatic carbocycles. The van der Waals surface area contributed by atoms with Crippen molar-refractivity contribution in [3.63, 3.8) is 0 Å². The minimum absolute atomic E-state index is 0.0191. The van der Waals surface area contributed by atoms with E-state index < -0.39 is 10.0 Å². The van der Waals surface area contributed by atoms with Crippen molar-refractivity contribution < 1.29 is 13.2 Å². The maximum absolute atomic E-state index is 12.2. The molecule has 9 nitrogen and oxygen atoms in total. The molecule has 146 valence electrons. The molecule has 2 heterocycles. The molecule has 1 aromatic carbocycles. The van der Waals surface area contributed by atoms with Crippen LogP contribution in [0.2, 0.25) is 0 Å². The number of aromatic nitrogens is 3. The fourth-order valence-electron chi connectivity index (χ4n) is 2.42. The van der Waals surface area contributed by atoms with E-state index in [9.17, 15) is 13.2 Å². The Bertz CT molecular complexity index is 1090. The van der Waals surface area contributed by atoms with Gasteiger partial charge in [0, 0.05) is 22.5 Å². The Morgan fingerprint density at radius 2 is 1.75 bits per heavy atom. The molecule has 0 atom stereocenters. The Morgan fingerprint density at radius 3 is 2.36 bits per heavy atom. The molecular weight excluding hydrogens is 400 g/mol. The molecule has 0 saturated heterocycles. The molecule has 11 heteroatoms. The van der Waals surface area contributed by atoms with Gasteiger partial charge in [-0.25, -0.2) is 28.5 Å². The molecule has 1 amide bonds. The summed E-state index contributed by atoms with van der Waals surface area (Å²) >= 11 is 1.35. The Morgan fingerprint density at radius 1 is 1.11 bits per heavy atom. The third-order valence-electron chi connectivity index (χ3n) is 3.56. The van der Waals surface area contributed by atoms with Gasteiger partial charge in [-0.05, 0) is 44.2 Å². The van der Waals surface area contributed by atoms with Crippen LogP contribution in [0.3, 0.4) is 0 Å². The summed E-state index contributed by atoms with van der Waals surface area (Å²) in [6, 6.07) is 7.49. The number of nitrogens with one attached hydrogen (secondary N) is 2. The number of benzene rings is 1. The van der Waals surface area contributed by atoms with Crippen LogP contribution in [0.5, 0.6) is 0 Å². The molecular formula is C17H18N6O3S2. The summed E-state index contributed by atoms with van der Waals surface area (Å²) < 4.78 is 22.5. The molecule has 0 spiro atoms. The Kier molecular flexibility index (Phi) is 5.68. The van der Waals surface area contributed by atoms with Crippen molar-refractivity contribution >= 4 is 44.0 Å². The molecule has 4 N–H and O–H groups in total. The SMILES string of the molecule is Cc1cc(C)nc(Nc2nc(CC(=O)Nc3ccc(S(N)(=O)=O)cc3)cs2)n1. The number of nitrogens with two attached hydrogens (primary N) is 1. The number of sulfonamides is 1. The molecule has 0 saturated carbocycles. The molecule has 3 aromatic rings. The second-order valence-corrected chi connectivity index (χ2v) is 8.46. The lowest BCUT2D eigenvalue weighted by Crippen LogP contribution is -2.15. The zero-order valence-electron chi connectivity index (χ0n) is 15.1. The highest BCUT2D eigenvalue weighted by Gasteiger charge is 2.11. The van der Waals surface area contributed by atoms with Gasteiger partial charge in [-0.15, -0.1) is 11.3 Å². The van der Waals surface area contributed by atoms with Crippen LogP contribution >= 0.6 is 11.3 Å². The quantitative estimate of drug-likeness (QED) is 0.557. The summed E-state index contributed by atoms with van der Waals surface area (Å²) in [5, 5.41) is 13.1. The number of carbonyl (C=O) groups is 1. The molecule has 0 aliphatic rings. The van der Waals surface area contributed by atoms with Crippen LogP contribution < -0.4 is 15.8 Å². The fourth-order valence-corrected chi connectivity index (χ4v) is 3.64. The van der Waals surface area contributed by atoms with Gasteiger partial charge in [0.05, 0.1) is 17.0 Å². The number of nitrogens with zero attached hydrogens (tertiary/aromatic N) is 3. The minimum atomic E-state index is -3.76. The standard InChI is InChI=1S/C17H18N6O3S2/c1-10-7-11(2)20-16(19-10)23-17-22-13(9-27-17)8-15(24)21-12-3-5-14(6-4-12)28(18,25)26/h3-7,9H,8H2,1-2H3,(H,21,24)(H2,18,25,26)(H,19,20,22,23). The van der Waals surface area contributed by atoms with E-state index in [-0.39, 0.29) is 17.2 Å². The molecule has 0 unspecified atom stereocenters. The molecule has 0 bridgehead atoms. The first-order valence-corrected chi connectivity index (χ1v) is 10.6. The van der Waals surface area contributed by atoms with Crippen molar-refractivity contribution in [2.75, 3.05) is 10.6 Å². The van der Waals surface area contributed by atoms with Crippen LogP contribution in [0.4, 0.5) is 16.8 Å². The highest BCUT2D eigenvalue weighted by Crippen LogP contribution is 2.20. The maximum atomic E-state index is 12.2. The lowest BCUT2D eigenvalue weighted by molar-refractivity contribution is -0.115. The van der Waals surface area contributed by atoms with E-state index in [0.717, 1.165) is 11.4 Å². The first kappa shape index (κ1) is 19.9. The van der Waals surface area contributed by atoms with Crippen LogP contribution in [0.15, 0.2) is 40.6 Å². The fraction of sp³-hybridized carbons (Fsp3) is 0.176. The largest absolute Gasteiger partial charge is 0.326 e. The average Bonchev–Trinajstić information content (AvgIpc) is 3.00. The smallest absolute Gasteiger partial charge is 0.238 e. The van der Waals surface area contributed by atoms with E-state index in [1.807, 2.05) is 19.9 Å². The summed E-state index contributed by atoms with van der Waals surface area (Å²) in [6.45, 7) is 3.76. The maximum Gasteiger partial charge on any atom is 0.238 e. The second kappa shape index (κ2) is 8.00.